The van der Waals surface area contributed by atoms with Crippen molar-refractivity contribution >= 4 is 37.0 Å². The third-order valence-corrected chi connectivity index (χ3v) is 16.5. The number of aliphatic hydroxyl groups is 2. The van der Waals surface area contributed by atoms with Gasteiger partial charge in [-0.05, 0) is 107 Å². The number of hydrogen-bond donors (Lipinski definition) is 2. The molecule has 4 rings (SSSR count). The van der Waals surface area contributed by atoms with Crippen molar-refractivity contribution in [3.63, 3.8) is 0 Å². The third kappa shape index (κ3) is 14.9. The van der Waals surface area contributed by atoms with Crippen LogP contribution < -0.4 is 0 Å². The number of hydrogen-bond acceptors (Lipinski definition) is 13. The lowest BCUT2D eigenvalue weighted by Crippen LogP contribution is -2.61. The number of ether oxygens (including phenoxy) is 5. The third-order valence-electron chi connectivity index (χ3n) is 14.9. The van der Waals surface area contributed by atoms with Gasteiger partial charge in [-0.1, -0.05) is 75.6 Å². The molecule has 2 N–H and O–H groups in total. The number of methoxy groups -OCH3 is 3. The summed E-state index contributed by atoms with van der Waals surface area (Å²) in [6.07, 6.45) is 12.2. The SMILES string of the molecule is CO[C@H]1C[C@@H]2CC[C@@H](C)[C@@](O)(O2)C(=O)C(=O)N2CCCCC2C(=O)O[C@H]([C@H](C)C[C@@H]2CCC([P+](C)=O)[C@H](OC)C2)CC(=O)[C@H](C)/C=C(\C)[C@@H](O)[C@@H](OC)C(=O)[C@H](C)C[C@H](C)/C=C/C=CC=C1C. The van der Waals surface area contributed by atoms with Gasteiger partial charge in [0.05, 0.1) is 12.2 Å². The van der Waals surface area contributed by atoms with Crippen LogP contribution in [0.3, 0.4) is 0 Å². The zero-order valence-electron chi connectivity index (χ0n) is 42.0. The van der Waals surface area contributed by atoms with Gasteiger partial charge in [0, 0.05) is 58.5 Å². The van der Waals surface area contributed by atoms with Gasteiger partial charge in [-0.25, -0.2) is 4.79 Å². The van der Waals surface area contributed by atoms with Crippen LogP contribution in [0.5, 0.6) is 0 Å². The number of amides is 1. The summed E-state index contributed by atoms with van der Waals surface area (Å²) in [4.78, 5) is 72.0. The number of aliphatic hydroxyl groups excluding tert-OH is 1. The molecule has 1 amide bonds. The molecule has 1 aliphatic carbocycles. The molecule has 0 radical (unpaired) electrons. The molecular weight excluding hydrogens is 878 g/mol. The van der Waals surface area contributed by atoms with Crippen molar-refractivity contribution in [2.45, 2.75) is 180 Å². The lowest BCUT2D eigenvalue weighted by Gasteiger charge is -2.42. The molecule has 0 aromatic rings. The first-order valence-corrected chi connectivity index (χ1v) is 26.3. The van der Waals surface area contributed by atoms with Gasteiger partial charge in [0.25, 0.3) is 11.7 Å². The predicted molar refractivity (Wildman–Crippen MR) is 256 cm³/mol. The van der Waals surface area contributed by atoms with Crippen molar-refractivity contribution in [2.75, 3.05) is 34.5 Å². The average molecular weight is 959 g/mol. The van der Waals surface area contributed by atoms with Gasteiger partial charge in [-0.3, -0.25) is 19.2 Å². The van der Waals surface area contributed by atoms with E-state index in [0.717, 1.165) is 18.4 Å². The Bertz CT molecular complexity index is 1860. The van der Waals surface area contributed by atoms with Crippen LogP contribution in [0.25, 0.3) is 0 Å². The molecule has 3 heterocycles. The van der Waals surface area contributed by atoms with Gasteiger partial charge >= 0.3 is 13.8 Å². The minimum Gasteiger partial charge on any atom is -0.460 e. The highest BCUT2D eigenvalue weighted by Crippen LogP contribution is 2.42. The van der Waals surface area contributed by atoms with Crippen LogP contribution in [0.4, 0.5) is 0 Å². The molecule has 2 bridgehead atoms. The number of fused-ring (bicyclic) bond motifs is 3. The fourth-order valence-electron chi connectivity index (χ4n) is 10.5. The van der Waals surface area contributed by atoms with Crippen LogP contribution in [0.2, 0.25) is 0 Å². The van der Waals surface area contributed by atoms with Gasteiger partial charge in [-0.2, -0.15) is 0 Å². The fourth-order valence-corrected chi connectivity index (χ4v) is 11.8. The van der Waals surface area contributed by atoms with E-state index in [1.165, 1.54) is 12.0 Å². The summed E-state index contributed by atoms with van der Waals surface area (Å²) < 4.78 is 42.2. The van der Waals surface area contributed by atoms with Crippen molar-refractivity contribution in [1.82, 2.24) is 4.90 Å². The van der Waals surface area contributed by atoms with E-state index in [1.54, 1.807) is 47.7 Å². The van der Waals surface area contributed by atoms with Crippen molar-refractivity contribution in [2.24, 2.45) is 35.5 Å². The maximum Gasteiger partial charge on any atom is 0.341 e. The Morgan fingerprint density at radius 3 is 2.25 bits per heavy atom. The summed E-state index contributed by atoms with van der Waals surface area (Å²) in [5.74, 6) is -7.95. The first-order chi connectivity index (χ1) is 31.7. The molecule has 3 unspecified atom stereocenters. The highest BCUT2D eigenvalue weighted by atomic mass is 31.1. The van der Waals surface area contributed by atoms with E-state index in [1.807, 2.05) is 58.1 Å². The van der Waals surface area contributed by atoms with Crippen molar-refractivity contribution in [3.8, 4) is 0 Å². The maximum atomic E-state index is 14.4. The van der Waals surface area contributed by atoms with Crippen LogP contribution in [0.1, 0.15) is 126 Å². The number of rotatable bonds is 7. The molecular formula is C52H81NO13P+. The number of allylic oxidation sites excluding steroid dienone is 6. The van der Waals surface area contributed by atoms with Crippen molar-refractivity contribution in [1.29, 1.82) is 0 Å². The van der Waals surface area contributed by atoms with E-state index in [0.29, 0.717) is 56.9 Å². The number of ketones is 3. The molecule has 0 aromatic heterocycles. The predicted octanol–water partition coefficient (Wildman–Crippen LogP) is 7.65. The summed E-state index contributed by atoms with van der Waals surface area (Å²) >= 11 is 0. The number of carbonyl (C=O) groups is 5. The molecule has 14 nitrogen and oxygen atoms in total. The van der Waals surface area contributed by atoms with E-state index in [-0.39, 0.29) is 60.5 Å². The zero-order chi connectivity index (χ0) is 49.7. The number of cyclic esters (lactones) is 1. The number of nitrogens with zero attached hydrogens (tertiary/aromatic N) is 1. The second kappa shape index (κ2) is 26.1. The summed E-state index contributed by atoms with van der Waals surface area (Å²) in [5.41, 5.74) is 1.21. The molecule has 0 spiro atoms. The first-order valence-electron chi connectivity index (χ1n) is 24.6. The molecule has 15 heteroatoms. The fraction of sp³-hybridized carbons (Fsp3) is 0.750. The maximum absolute atomic E-state index is 14.4. The molecule has 3 fully saturated rings. The number of carbonyl (C=O) groups excluding carboxylic acids is 5. The molecule has 67 heavy (non-hydrogen) atoms. The number of esters is 1. The Morgan fingerprint density at radius 1 is 0.881 bits per heavy atom. The van der Waals surface area contributed by atoms with Crippen LogP contribution in [-0.2, 0) is 52.2 Å². The Kier molecular flexibility index (Phi) is 22.0. The minimum absolute atomic E-state index is 0.0171. The number of piperidine rings is 1. The molecule has 2 saturated heterocycles. The summed E-state index contributed by atoms with van der Waals surface area (Å²) in [7, 11) is 3.13. The van der Waals surface area contributed by atoms with Crippen LogP contribution in [0, 0.1) is 35.5 Å². The monoisotopic (exact) mass is 959 g/mol. The quantitative estimate of drug-likeness (QED) is 0.110. The first kappa shape index (κ1) is 56.4. The summed E-state index contributed by atoms with van der Waals surface area (Å²) in [6.45, 7) is 14.5. The van der Waals surface area contributed by atoms with Gasteiger partial charge in [0.1, 0.15) is 42.9 Å². The number of Topliss-reactive ketones (excluding diaryl/α,β-unsaturated/α-hetero) is 3. The van der Waals surface area contributed by atoms with E-state index in [4.69, 9.17) is 23.7 Å². The Hall–Kier alpha value is -3.23. The summed E-state index contributed by atoms with van der Waals surface area (Å²) in [5, 5.41) is 23.4. The molecule has 0 aromatic carbocycles. The minimum atomic E-state index is -2.43. The Morgan fingerprint density at radius 2 is 1.60 bits per heavy atom. The van der Waals surface area contributed by atoms with Gasteiger partial charge in [0.15, 0.2) is 11.4 Å². The normalized spacial score (nSPS) is 38.5. The molecule has 376 valence electrons. The smallest absolute Gasteiger partial charge is 0.341 e. The molecule has 1 saturated carbocycles. The second-order valence-corrected chi connectivity index (χ2v) is 21.9. The van der Waals surface area contributed by atoms with Crippen molar-refractivity contribution < 1.29 is 62.4 Å². The standard InChI is InChI=1S/C52H81NO13P/c1-31-17-13-12-14-18-32(2)42(62-8)29-39-22-20-37(7)52(60,66-39)49(57)50(58)53-24-16-15-19-40(53)51(59)65-43(34(4)27-38-21-23-45(67(11)61)44(28-38)63-9)30-41(54)33(3)26-36(6)47(56)48(64-10)46(55)35(5)25-31/h12-14,17-18,26,31,33-35,37-40,42-45,47-48,56,60H,15-16,19-25,27-30H2,1-11H3/q+1/b14-12?,17-13+,32-18?,36-26+/t31-,33-,34-,35-,37-,38+,39+,40?,42+,43+,44-,45?,47-,48+,52-/m1/s1. The highest BCUT2D eigenvalue weighted by molar-refractivity contribution is 7.44. The molecule has 4 aliphatic rings. The summed E-state index contributed by atoms with van der Waals surface area (Å²) in [6, 6.07) is -1.14. The second-order valence-electron chi connectivity index (χ2n) is 20.1. The molecule has 3 aliphatic heterocycles. The highest BCUT2D eigenvalue weighted by Gasteiger charge is 2.53. The lowest BCUT2D eigenvalue weighted by molar-refractivity contribution is -0.265. The van der Waals surface area contributed by atoms with Gasteiger partial charge < -0.3 is 38.8 Å². The zero-order valence-corrected chi connectivity index (χ0v) is 42.9. The van der Waals surface area contributed by atoms with Crippen LogP contribution in [0.15, 0.2) is 47.6 Å². The van der Waals surface area contributed by atoms with E-state index >= 15 is 0 Å². The lowest BCUT2D eigenvalue weighted by atomic mass is 9.79. The van der Waals surface area contributed by atoms with E-state index in [9.17, 15) is 38.8 Å². The van der Waals surface area contributed by atoms with E-state index < -0.39 is 85.6 Å². The Labute approximate surface area is 400 Å². The average Bonchev–Trinajstić information content (AvgIpc) is 3.30. The van der Waals surface area contributed by atoms with Gasteiger partial charge in [-0.15, -0.1) is 0 Å². The Balaban J connectivity index is 1.71. The largest absolute Gasteiger partial charge is 0.460 e. The van der Waals surface area contributed by atoms with Crippen molar-refractivity contribution in [3.05, 3.63) is 47.6 Å². The van der Waals surface area contributed by atoms with E-state index in [2.05, 4.69) is 0 Å². The van der Waals surface area contributed by atoms with Crippen LogP contribution in [-0.4, -0.2) is 133 Å². The van der Waals surface area contributed by atoms with Gasteiger partial charge in [0.2, 0.25) is 5.79 Å². The topological polar surface area (TPSA) is 192 Å². The van der Waals surface area contributed by atoms with Crippen LogP contribution >= 0.6 is 7.80 Å². The molecule has 16 atom stereocenters.